The van der Waals surface area contributed by atoms with Crippen molar-refractivity contribution >= 4 is 22.2 Å². The Morgan fingerprint density at radius 3 is 2.47 bits per heavy atom. The number of nitrogens with one attached hydrogen (secondary N) is 1. The van der Waals surface area contributed by atoms with Crippen molar-refractivity contribution < 1.29 is 9.47 Å². The molecule has 5 nitrogen and oxygen atoms in total. The largest absolute Gasteiger partial charge is 0.493 e. The second-order valence-corrected chi connectivity index (χ2v) is 8.43. The number of rotatable bonds is 4. The maximum absolute atomic E-state index is 13.3. The van der Waals surface area contributed by atoms with E-state index < -0.39 is 0 Å². The van der Waals surface area contributed by atoms with Gasteiger partial charge in [0.2, 0.25) is 0 Å². The number of hydrogen-bond donors (Lipinski definition) is 1. The molecule has 0 fully saturated rings. The number of aromatic nitrogens is 2. The highest BCUT2D eigenvalue weighted by molar-refractivity contribution is 7.13. The van der Waals surface area contributed by atoms with E-state index in [1.807, 2.05) is 66.0 Å². The molecule has 0 aliphatic rings. The fourth-order valence-electron chi connectivity index (χ4n) is 3.90. The van der Waals surface area contributed by atoms with Gasteiger partial charge in [0.1, 0.15) is 5.69 Å². The summed E-state index contributed by atoms with van der Waals surface area (Å²) in [6, 6.07) is 21.1. The highest BCUT2D eigenvalue weighted by Gasteiger charge is 2.19. The van der Waals surface area contributed by atoms with Crippen molar-refractivity contribution in [3.63, 3.8) is 0 Å². The fraction of sp³-hybridized carbons (Fsp3) is 0.0714. The first-order valence-corrected chi connectivity index (χ1v) is 11.5. The molecule has 34 heavy (non-hydrogen) atoms. The van der Waals surface area contributed by atoms with Crippen molar-refractivity contribution in [2.24, 2.45) is 0 Å². The van der Waals surface area contributed by atoms with Crippen LogP contribution in [0.1, 0.15) is 11.3 Å². The van der Waals surface area contributed by atoms with Crippen LogP contribution in [0.15, 0.2) is 83.1 Å². The van der Waals surface area contributed by atoms with Gasteiger partial charge in [-0.25, -0.2) is 4.98 Å². The molecule has 0 aliphatic heterocycles. The molecule has 0 atom stereocenters. The van der Waals surface area contributed by atoms with Crippen LogP contribution in [0.4, 0.5) is 0 Å². The molecule has 5 rings (SSSR count). The molecular weight excluding hydrogens is 444 g/mol. The standard InChI is InChI=1S/C28H20N2O3S/c1-32-23-16-21-22(17-24(23)33-2)30-28(31)27(25-10-6-14-34-25)26(21)19-8-5-7-18(15-19)11-12-20-9-3-4-13-29-20/h3-10,13-17H,1-2H3,(H,30,31). The van der Waals surface area contributed by atoms with Crippen LogP contribution in [0.25, 0.3) is 32.5 Å². The predicted octanol–water partition coefficient (Wildman–Crippen LogP) is 5.74. The van der Waals surface area contributed by atoms with E-state index in [2.05, 4.69) is 21.8 Å². The van der Waals surface area contributed by atoms with Gasteiger partial charge in [0.25, 0.3) is 5.56 Å². The summed E-state index contributed by atoms with van der Waals surface area (Å²) < 4.78 is 11.0. The second kappa shape index (κ2) is 9.26. The number of thiophene rings is 1. The van der Waals surface area contributed by atoms with Crippen molar-refractivity contribution in [2.75, 3.05) is 14.2 Å². The van der Waals surface area contributed by atoms with Crippen LogP contribution in [0, 0.1) is 11.8 Å². The molecule has 0 saturated heterocycles. The first-order valence-electron chi connectivity index (χ1n) is 10.6. The number of nitrogens with zero attached hydrogens (tertiary/aromatic N) is 1. The highest BCUT2D eigenvalue weighted by atomic mass is 32.1. The quantitative estimate of drug-likeness (QED) is 0.345. The van der Waals surface area contributed by atoms with Crippen molar-refractivity contribution in [1.29, 1.82) is 0 Å². The van der Waals surface area contributed by atoms with Gasteiger partial charge in [-0.3, -0.25) is 4.79 Å². The van der Waals surface area contributed by atoms with E-state index in [0.717, 1.165) is 27.0 Å². The SMILES string of the molecule is COc1cc2[nH]c(=O)c(-c3cccs3)c(-c3cccc(C#Cc4ccccn4)c3)c2cc1OC. The Kier molecular flexibility index (Phi) is 5.86. The summed E-state index contributed by atoms with van der Waals surface area (Å²) in [5.74, 6) is 7.43. The molecule has 2 aromatic carbocycles. The molecule has 0 unspecified atom stereocenters. The monoisotopic (exact) mass is 464 g/mol. The molecule has 6 heteroatoms. The Morgan fingerprint density at radius 2 is 1.74 bits per heavy atom. The van der Waals surface area contributed by atoms with Crippen LogP contribution >= 0.6 is 11.3 Å². The van der Waals surface area contributed by atoms with E-state index in [0.29, 0.717) is 28.3 Å². The summed E-state index contributed by atoms with van der Waals surface area (Å²) >= 11 is 1.52. The molecule has 5 aromatic rings. The van der Waals surface area contributed by atoms with Gasteiger partial charge in [0.05, 0.1) is 25.3 Å². The molecule has 1 N–H and O–H groups in total. The lowest BCUT2D eigenvalue weighted by molar-refractivity contribution is 0.356. The molecule has 3 heterocycles. The zero-order valence-electron chi connectivity index (χ0n) is 18.6. The van der Waals surface area contributed by atoms with Crippen LogP contribution in [0.5, 0.6) is 11.5 Å². The number of ether oxygens (including phenoxy) is 2. The van der Waals surface area contributed by atoms with E-state index >= 15 is 0 Å². The number of aromatic amines is 1. The lowest BCUT2D eigenvalue weighted by Crippen LogP contribution is -2.11. The Labute approximate surface area is 200 Å². The van der Waals surface area contributed by atoms with Gasteiger partial charge in [-0.05, 0) is 53.3 Å². The summed E-state index contributed by atoms with van der Waals surface area (Å²) in [7, 11) is 3.18. The van der Waals surface area contributed by atoms with E-state index in [9.17, 15) is 4.79 Å². The maximum Gasteiger partial charge on any atom is 0.257 e. The minimum Gasteiger partial charge on any atom is -0.493 e. The molecule has 0 bridgehead atoms. The number of fused-ring (bicyclic) bond motifs is 1. The average Bonchev–Trinajstić information content (AvgIpc) is 3.41. The average molecular weight is 465 g/mol. The summed E-state index contributed by atoms with van der Waals surface area (Å²) in [5.41, 5.74) is 4.36. The van der Waals surface area contributed by atoms with Gasteiger partial charge in [-0.2, -0.15) is 0 Å². The van der Waals surface area contributed by atoms with Crippen LogP contribution in [0.3, 0.4) is 0 Å². The van der Waals surface area contributed by atoms with Gasteiger partial charge >= 0.3 is 0 Å². The Balaban J connectivity index is 1.78. The third kappa shape index (κ3) is 4.05. The number of pyridine rings is 2. The third-order valence-corrected chi connectivity index (χ3v) is 6.32. The molecule has 0 saturated carbocycles. The van der Waals surface area contributed by atoms with Crippen molar-refractivity contribution in [2.45, 2.75) is 0 Å². The molecule has 0 radical (unpaired) electrons. The maximum atomic E-state index is 13.3. The number of benzene rings is 2. The van der Waals surface area contributed by atoms with Crippen molar-refractivity contribution in [3.05, 3.63) is 99.9 Å². The van der Waals surface area contributed by atoms with Crippen LogP contribution in [-0.2, 0) is 0 Å². The van der Waals surface area contributed by atoms with Gasteiger partial charge < -0.3 is 14.5 Å². The number of hydrogen-bond acceptors (Lipinski definition) is 5. The van der Waals surface area contributed by atoms with Gasteiger partial charge in [-0.1, -0.05) is 30.2 Å². The summed E-state index contributed by atoms with van der Waals surface area (Å²) in [5, 5.41) is 2.82. The van der Waals surface area contributed by atoms with Crippen molar-refractivity contribution in [1.82, 2.24) is 9.97 Å². The second-order valence-electron chi connectivity index (χ2n) is 7.48. The molecular formula is C28H20N2O3S. The molecule has 0 amide bonds. The molecule has 3 aromatic heterocycles. The van der Waals surface area contributed by atoms with Gasteiger partial charge in [-0.15, -0.1) is 11.3 Å². The summed E-state index contributed by atoms with van der Waals surface area (Å²) in [6.07, 6.45) is 1.72. The normalized spacial score (nSPS) is 10.5. The topological polar surface area (TPSA) is 64.2 Å². The third-order valence-electron chi connectivity index (χ3n) is 5.44. The predicted molar refractivity (Wildman–Crippen MR) is 137 cm³/mol. The van der Waals surface area contributed by atoms with Gasteiger partial charge in [0.15, 0.2) is 11.5 Å². The zero-order valence-corrected chi connectivity index (χ0v) is 19.4. The first-order chi connectivity index (χ1) is 16.7. The fourth-order valence-corrected chi connectivity index (χ4v) is 4.68. The smallest absolute Gasteiger partial charge is 0.257 e. The van der Waals surface area contributed by atoms with Crippen LogP contribution in [0.2, 0.25) is 0 Å². The summed E-state index contributed by atoms with van der Waals surface area (Å²) in [6.45, 7) is 0. The lowest BCUT2D eigenvalue weighted by atomic mass is 9.94. The number of methoxy groups -OCH3 is 2. The lowest BCUT2D eigenvalue weighted by Gasteiger charge is -2.15. The molecule has 0 aliphatic carbocycles. The molecule has 0 spiro atoms. The van der Waals surface area contributed by atoms with Crippen LogP contribution in [-0.4, -0.2) is 24.2 Å². The Bertz CT molecular complexity index is 1590. The summed E-state index contributed by atoms with van der Waals surface area (Å²) in [4.78, 5) is 21.5. The number of H-pyrrole nitrogens is 1. The highest BCUT2D eigenvalue weighted by Crippen LogP contribution is 2.40. The Hall–Kier alpha value is -4.34. The molecule has 166 valence electrons. The van der Waals surface area contributed by atoms with E-state index in [1.54, 1.807) is 26.5 Å². The zero-order chi connectivity index (χ0) is 23.5. The minimum absolute atomic E-state index is 0.165. The van der Waals surface area contributed by atoms with Gasteiger partial charge in [0, 0.05) is 33.7 Å². The van der Waals surface area contributed by atoms with E-state index in [4.69, 9.17) is 9.47 Å². The van der Waals surface area contributed by atoms with Crippen molar-refractivity contribution in [3.8, 4) is 44.9 Å². The minimum atomic E-state index is -0.165. The van der Waals surface area contributed by atoms with E-state index in [1.165, 1.54) is 11.3 Å². The Morgan fingerprint density at radius 1 is 0.882 bits per heavy atom. The first kappa shape index (κ1) is 21.5. The van der Waals surface area contributed by atoms with Crippen LogP contribution < -0.4 is 15.0 Å². The van der Waals surface area contributed by atoms with E-state index in [-0.39, 0.29) is 5.56 Å².